The van der Waals surface area contributed by atoms with Gasteiger partial charge in [-0.15, -0.1) is 0 Å². The van der Waals surface area contributed by atoms with Crippen LogP contribution >= 0.6 is 0 Å². The van der Waals surface area contributed by atoms with Crippen molar-refractivity contribution in [2.45, 2.75) is 12.8 Å². The van der Waals surface area contributed by atoms with E-state index in [1.807, 2.05) is 0 Å². The Labute approximate surface area is 51.9 Å². The molecule has 0 bridgehead atoms. The fourth-order valence-corrected chi connectivity index (χ4v) is 0.609. The highest BCUT2D eigenvalue weighted by atomic mass is 32.1. The third kappa shape index (κ3) is 0.949. The normalized spacial score (nSPS) is 24.0. The van der Waals surface area contributed by atoms with Gasteiger partial charge in [0.25, 0.3) is 0 Å². The van der Waals surface area contributed by atoms with Crippen molar-refractivity contribution in [2.75, 3.05) is 0 Å². The van der Waals surface area contributed by atoms with Crippen molar-refractivity contribution >= 4 is 24.8 Å². The first-order valence-corrected chi connectivity index (χ1v) is 2.52. The molecule has 44 valence electrons. The molecule has 1 heterocycles. The molecule has 0 radical (unpaired) electrons. The SMILES string of the molecule is O=C1CCC(=[O+][S-])O1. The molecule has 1 rings (SSSR count). The van der Waals surface area contributed by atoms with Crippen molar-refractivity contribution in [2.24, 2.45) is 0 Å². The number of cyclic esters (lactones) is 2. The van der Waals surface area contributed by atoms with E-state index in [2.05, 4.69) is 21.5 Å². The maximum atomic E-state index is 10.2. The van der Waals surface area contributed by atoms with Crippen LogP contribution in [0, 0.1) is 0 Å². The lowest BCUT2D eigenvalue weighted by Crippen LogP contribution is -1.98. The quantitative estimate of drug-likeness (QED) is 0.199. The molecule has 1 fully saturated rings. The van der Waals surface area contributed by atoms with Gasteiger partial charge in [-0.1, -0.05) is 0 Å². The highest BCUT2D eigenvalue weighted by Gasteiger charge is 2.29. The molecule has 0 saturated carbocycles. The monoisotopic (exact) mass is 132 g/mol. The third-order valence-corrected chi connectivity index (χ3v) is 1.04. The molecule has 0 spiro atoms. The maximum Gasteiger partial charge on any atom is 0.478 e. The van der Waals surface area contributed by atoms with Gasteiger partial charge in [0.1, 0.15) is 6.42 Å². The second-order valence-corrected chi connectivity index (χ2v) is 1.60. The van der Waals surface area contributed by atoms with Gasteiger partial charge in [-0.05, 0) is 0 Å². The van der Waals surface area contributed by atoms with Crippen molar-refractivity contribution in [1.29, 1.82) is 0 Å². The molecule has 0 aliphatic carbocycles. The average molecular weight is 132 g/mol. The number of carbonyl (C=O) groups is 1. The molecule has 0 N–H and O–H groups in total. The summed E-state index contributed by atoms with van der Waals surface area (Å²) in [6, 6.07) is 0. The molecule has 0 aromatic heterocycles. The van der Waals surface area contributed by atoms with Gasteiger partial charge in [0.2, 0.25) is 0 Å². The standard InChI is InChI=1S/C4H4O3S/c5-3-1-2-4(6-3)7-8/h1-2H2. The van der Waals surface area contributed by atoms with Gasteiger partial charge in [0, 0.05) is 0 Å². The lowest BCUT2D eigenvalue weighted by molar-refractivity contribution is -0.257. The van der Waals surface area contributed by atoms with Crippen LogP contribution in [0.3, 0.4) is 0 Å². The molecule has 0 atom stereocenters. The topological polar surface area (TPSA) is 37.6 Å². The van der Waals surface area contributed by atoms with Gasteiger partial charge in [0.15, 0.2) is 0 Å². The average Bonchev–Trinajstić information content (AvgIpc) is 2.14. The molecule has 0 amide bonds. The zero-order valence-electron chi connectivity index (χ0n) is 4.05. The number of hydrogen-bond donors (Lipinski definition) is 0. The van der Waals surface area contributed by atoms with E-state index < -0.39 is 0 Å². The molecule has 4 heteroatoms. The van der Waals surface area contributed by atoms with E-state index in [9.17, 15) is 4.79 Å². The summed E-state index contributed by atoms with van der Waals surface area (Å²) in [6.45, 7) is 0. The van der Waals surface area contributed by atoms with E-state index in [4.69, 9.17) is 0 Å². The van der Waals surface area contributed by atoms with Crippen molar-refractivity contribution in [1.82, 2.24) is 0 Å². The Morgan fingerprint density at radius 1 is 1.62 bits per heavy atom. The summed E-state index contributed by atoms with van der Waals surface area (Å²) in [7, 11) is 0. The smallest absolute Gasteiger partial charge is 0.434 e. The molecule has 0 aromatic rings. The van der Waals surface area contributed by atoms with E-state index >= 15 is 0 Å². The van der Waals surface area contributed by atoms with Gasteiger partial charge in [-0.3, -0.25) is 0 Å². The van der Waals surface area contributed by atoms with Gasteiger partial charge >= 0.3 is 11.9 Å². The Morgan fingerprint density at radius 2 is 2.38 bits per heavy atom. The summed E-state index contributed by atoms with van der Waals surface area (Å²) in [5.74, 6) is -0.00477. The minimum absolute atomic E-state index is 0.255. The zero-order chi connectivity index (χ0) is 5.98. The first-order valence-electron chi connectivity index (χ1n) is 2.19. The highest BCUT2D eigenvalue weighted by Crippen LogP contribution is 2.05. The lowest BCUT2D eigenvalue weighted by Gasteiger charge is -1.79. The first kappa shape index (κ1) is 5.50. The number of carbonyl (C=O) groups excluding carboxylic acids is 2. The lowest BCUT2D eigenvalue weighted by atomic mass is 10.4. The van der Waals surface area contributed by atoms with E-state index in [0.717, 1.165) is 0 Å². The van der Waals surface area contributed by atoms with Gasteiger partial charge in [0.05, 0.1) is 6.42 Å². The number of rotatable bonds is 0. The highest BCUT2D eigenvalue weighted by molar-refractivity contribution is 7.50. The van der Waals surface area contributed by atoms with E-state index in [1.54, 1.807) is 0 Å². The summed E-state index contributed by atoms with van der Waals surface area (Å²) >= 11 is 4.15. The largest absolute Gasteiger partial charge is 0.478 e. The molecular weight excluding hydrogens is 128 g/mol. The summed E-state index contributed by atoms with van der Waals surface area (Å²) in [6.07, 6.45) is 0.911. The molecule has 1 saturated heterocycles. The minimum Gasteiger partial charge on any atom is -0.434 e. The first-order chi connectivity index (χ1) is 3.83. The molecule has 0 aromatic carbocycles. The minimum atomic E-state index is -0.259. The fourth-order valence-electron chi connectivity index (χ4n) is 0.492. The second-order valence-electron chi connectivity index (χ2n) is 1.43. The predicted octanol–water partition coefficient (Wildman–Crippen LogP) is -0.152. The van der Waals surface area contributed by atoms with Crippen LogP contribution in [0.2, 0.25) is 0 Å². The Morgan fingerprint density at radius 3 is 2.62 bits per heavy atom. The van der Waals surface area contributed by atoms with Crippen molar-refractivity contribution < 1.29 is 13.4 Å². The predicted molar refractivity (Wildman–Crippen MR) is 27.7 cm³/mol. The number of hydrogen-bond acceptors (Lipinski definition) is 3. The van der Waals surface area contributed by atoms with Crippen molar-refractivity contribution in [3.05, 3.63) is 0 Å². The Kier molecular flexibility index (Phi) is 1.43. The van der Waals surface area contributed by atoms with E-state index in [0.29, 0.717) is 12.8 Å². The van der Waals surface area contributed by atoms with Crippen LogP contribution < -0.4 is 0 Å². The van der Waals surface area contributed by atoms with Gasteiger partial charge in [-0.25, -0.2) is 9.53 Å². The molecular formula is C4H4O3S. The van der Waals surface area contributed by atoms with Crippen LogP contribution in [0.1, 0.15) is 12.8 Å². The van der Waals surface area contributed by atoms with Crippen LogP contribution in [0.5, 0.6) is 0 Å². The summed E-state index contributed by atoms with van der Waals surface area (Å²) in [5.41, 5.74) is 0. The van der Waals surface area contributed by atoms with Gasteiger partial charge in [-0.2, -0.15) is 0 Å². The molecule has 3 nitrogen and oxygen atoms in total. The van der Waals surface area contributed by atoms with Crippen LogP contribution in [-0.2, 0) is 26.3 Å². The zero-order valence-corrected chi connectivity index (χ0v) is 4.86. The Balaban J connectivity index is 2.56. The Hall–Kier alpha value is -0.640. The number of ether oxygens (including phenoxy) is 1. The summed E-state index contributed by atoms with van der Waals surface area (Å²) in [5, 5.41) is 0. The Bertz CT molecular complexity index is 140. The fraction of sp³-hybridized carbons (Fsp3) is 0.500. The second kappa shape index (κ2) is 2.09. The van der Waals surface area contributed by atoms with Crippen LogP contribution in [-0.4, -0.2) is 11.9 Å². The molecule has 8 heavy (non-hydrogen) atoms. The maximum absolute atomic E-state index is 10.2. The molecule has 1 aliphatic rings. The van der Waals surface area contributed by atoms with Crippen molar-refractivity contribution in [3.8, 4) is 0 Å². The van der Waals surface area contributed by atoms with E-state index in [1.165, 1.54) is 0 Å². The summed E-state index contributed by atoms with van der Waals surface area (Å²) < 4.78 is 8.70. The van der Waals surface area contributed by atoms with Crippen LogP contribution in [0.4, 0.5) is 0 Å². The van der Waals surface area contributed by atoms with Crippen LogP contribution in [0.15, 0.2) is 0 Å². The van der Waals surface area contributed by atoms with Gasteiger partial charge < -0.3 is 16.8 Å². The number of esters is 2. The van der Waals surface area contributed by atoms with Crippen LogP contribution in [0.25, 0.3) is 0 Å². The third-order valence-electron chi connectivity index (χ3n) is 0.854. The molecule has 1 aliphatic heterocycles. The van der Waals surface area contributed by atoms with E-state index in [-0.39, 0.29) is 11.9 Å². The molecule has 0 unspecified atom stereocenters. The van der Waals surface area contributed by atoms with Crippen molar-refractivity contribution in [3.63, 3.8) is 0 Å². The summed E-state index contributed by atoms with van der Waals surface area (Å²) in [4.78, 5) is 10.2.